The number of aryl methyl sites for hydroxylation is 1. The molecule has 0 spiro atoms. The highest BCUT2D eigenvalue weighted by Crippen LogP contribution is 2.15. The second kappa shape index (κ2) is 8.62. The Balaban J connectivity index is 1.52. The smallest absolute Gasteiger partial charge is 0.250 e. The lowest BCUT2D eigenvalue weighted by Crippen LogP contribution is -2.46. The molecule has 1 aliphatic heterocycles. The van der Waals surface area contributed by atoms with E-state index >= 15 is 0 Å². The fraction of sp³-hybridized carbons (Fsp3) is 0.421. The number of rotatable bonds is 6. The molecule has 7 nitrogen and oxygen atoms in total. The highest BCUT2D eigenvalue weighted by Gasteiger charge is 2.24. The van der Waals surface area contributed by atoms with Crippen LogP contribution in [0.25, 0.3) is 0 Å². The summed E-state index contributed by atoms with van der Waals surface area (Å²) in [5, 5.41) is 0. The van der Waals surface area contributed by atoms with Crippen LogP contribution in [0.5, 0.6) is 5.75 Å². The average molecular weight is 357 g/mol. The summed E-state index contributed by atoms with van der Waals surface area (Å²) in [6, 6.07) is 9.04. The monoisotopic (exact) mass is 357 g/mol. The van der Waals surface area contributed by atoms with E-state index in [4.69, 9.17) is 9.47 Å². The molecule has 0 aliphatic carbocycles. The molecule has 1 amide bonds. The summed E-state index contributed by atoms with van der Waals surface area (Å²) in [6.07, 6.45) is 3.11. The van der Waals surface area contributed by atoms with Crippen LogP contribution in [0.3, 0.4) is 0 Å². The first kappa shape index (κ1) is 18.1. The Morgan fingerprint density at radius 3 is 2.92 bits per heavy atom. The Morgan fingerprint density at radius 2 is 2.19 bits per heavy atom. The van der Waals surface area contributed by atoms with E-state index in [1.165, 1.54) is 12.4 Å². The molecule has 138 valence electrons. The predicted octanol–water partition coefficient (Wildman–Crippen LogP) is 1.18. The van der Waals surface area contributed by atoms with Crippen LogP contribution >= 0.6 is 0 Å². The van der Waals surface area contributed by atoms with Gasteiger partial charge in [-0.25, -0.2) is 4.98 Å². The highest BCUT2D eigenvalue weighted by molar-refractivity contribution is 5.79. The number of ether oxygens (including phenoxy) is 2. The second-order valence-corrected chi connectivity index (χ2v) is 6.30. The summed E-state index contributed by atoms with van der Waals surface area (Å²) >= 11 is 0. The maximum atomic E-state index is 12.6. The van der Waals surface area contributed by atoms with Gasteiger partial charge in [0.25, 0.3) is 5.56 Å². The topological polar surface area (TPSA) is 84.5 Å². The largest absolute Gasteiger partial charge is 0.497 e. The van der Waals surface area contributed by atoms with Crippen molar-refractivity contribution in [3.8, 4) is 5.75 Å². The average Bonchev–Trinajstić information content (AvgIpc) is 2.67. The molecule has 1 fully saturated rings. The molecule has 2 aromatic rings. The van der Waals surface area contributed by atoms with Crippen molar-refractivity contribution in [2.45, 2.75) is 25.4 Å². The minimum Gasteiger partial charge on any atom is -0.497 e. The van der Waals surface area contributed by atoms with Crippen molar-refractivity contribution in [1.82, 2.24) is 14.9 Å². The molecular weight excluding hydrogens is 334 g/mol. The number of nitrogens with one attached hydrogen (secondary N) is 1. The third kappa shape index (κ3) is 4.92. The lowest BCUT2D eigenvalue weighted by molar-refractivity contribution is -0.138. The van der Waals surface area contributed by atoms with Gasteiger partial charge in [-0.2, -0.15) is 0 Å². The Labute approximate surface area is 152 Å². The van der Waals surface area contributed by atoms with Crippen molar-refractivity contribution in [1.29, 1.82) is 0 Å². The van der Waals surface area contributed by atoms with Gasteiger partial charge in [-0.1, -0.05) is 12.1 Å². The number of nitrogens with zero attached hydrogens (tertiary/aromatic N) is 2. The molecule has 1 atom stereocenters. The van der Waals surface area contributed by atoms with Crippen LogP contribution in [0.1, 0.15) is 17.7 Å². The fourth-order valence-electron chi connectivity index (χ4n) is 3.00. The zero-order chi connectivity index (χ0) is 18.4. The van der Waals surface area contributed by atoms with Crippen molar-refractivity contribution in [3.63, 3.8) is 0 Å². The SMILES string of the molecule is COc1ccc(CC(=O)N2CCO[C@@H](CCc3cc(=O)[nH]cn3)C2)cc1. The molecule has 3 rings (SSSR count). The molecule has 0 bridgehead atoms. The summed E-state index contributed by atoms with van der Waals surface area (Å²) in [6.45, 7) is 1.70. The lowest BCUT2D eigenvalue weighted by Gasteiger charge is -2.33. The number of aromatic nitrogens is 2. The van der Waals surface area contributed by atoms with E-state index in [9.17, 15) is 9.59 Å². The summed E-state index contributed by atoms with van der Waals surface area (Å²) < 4.78 is 10.9. The van der Waals surface area contributed by atoms with Crippen LogP contribution in [-0.2, 0) is 22.4 Å². The summed E-state index contributed by atoms with van der Waals surface area (Å²) in [7, 11) is 1.62. The molecule has 0 saturated carbocycles. The van der Waals surface area contributed by atoms with Crippen LogP contribution < -0.4 is 10.3 Å². The maximum Gasteiger partial charge on any atom is 0.250 e. The first-order chi connectivity index (χ1) is 12.6. The Bertz CT molecular complexity index is 788. The van der Waals surface area contributed by atoms with Crippen LogP contribution in [0, 0.1) is 0 Å². The standard InChI is InChI=1S/C19H23N3O4/c1-25-16-5-2-14(3-6-16)10-19(24)22-8-9-26-17(12-22)7-4-15-11-18(23)21-13-20-15/h2-3,5-6,11,13,17H,4,7-10,12H2,1H3,(H,20,21,23)/t17-/m0/s1. The third-order valence-corrected chi connectivity index (χ3v) is 4.46. The van der Waals surface area contributed by atoms with Gasteiger partial charge >= 0.3 is 0 Å². The molecule has 0 radical (unpaired) electrons. The van der Waals surface area contributed by atoms with E-state index in [-0.39, 0.29) is 17.6 Å². The van der Waals surface area contributed by atoms with Gasteiger partial charge in [-0.15, -0.1) is 0 Å². The van der Waals surface area contributed by atoms with E-state index in [0.29, 0.717) is 32.5 Å². The molecule has 1 aromatic carbocycles. The highest BCUT2D eigenvalue weighted by atomic mass is 16.5. The van der Waals surface area contributed by atoms with Gasteiger partial charge in [0.2, 0.25) is 5.91 Å². The fourth-order valence-corrected chi connectivity index (χ4v) is 3.00. The van der Waals surface area contributed by atoms with Crippen LogP contribution in [0.4, 0.5) is 0 Å². The Kier molecular flexibility index (Phi) is 6.01. The van der Waals surface area contributed by atoms with Crippen molar-refractivity contribution < 1.29 is 14.3 Å². The third-order valence-electron chi connectivity index (χ3n) is 4.46. The van der Waals surface area contributed by atoms with Crippen LogP contribution in [0.2, 0.25) is 0 Å². The first-order valence-electron chi connectivity index (χ1n) is 8.70. The number of morpholine rings is 1. The quantitative estimate of drug-likeness (QED) is 0.839. The second-order valence-electron chi connectivity index (χ2n) is 6.30. The number of hydrogen-bond acceptors (Lipinski definition) is 5. The molecule has 1 aliphatic rings. The van der Waals surface area contributed by atoms with Crippen molar-refractivity contribution in [2.24, 2.45) is 0 Å². The van der Waals surface area contributed by atoms with Crippen LogP contribution in [0.15, 0.2) is 41.5 Å². The van der Waals surface area contributed by atoms with E-state index in [1.54, 1.807) is 7.11 Å². The van der Waals surface area contributed by atoms with Gasteiger partial charge in [0.05, 0.1) is 32.6 Å². The van der Waals surface area contributed by atoms with Gasteiger partial charge in [0.1, 0.15) is 5.75 Å². The molecule has 1 N–H and O–H groups in total. The van der Waals surface area contributed by atoms with E-state index < -0.39 is 0 Å². The van der Waals surface area contributed by atoms with Crippen molar-refractivity contribution >= 4 is 5.91 Å². The number of hydrogen-bond donors (Lipinski definition) is 1. The zero-order valence-electron chi connectivity index (χ0n) is 14.8. The van der Waals surface area contributed by atoms with Crippen molar-refractivity contribution in [3.05, 3.63) is 58.3 Å². The molecule has 26 heavy (non-hydrogen) atoms. The normalized spacial score (nSPS) is 17.1. The summed E-state index contributed by atoms with van der Waals surface area (Å²) in [5.74, 6) is 0.874. The first-order valence-corrected chi connectivity index (χ1v) is 8.70. The minimum atomic E-state index is -0.157. The molecule has 7 heteroatoms. The molecular formula is C19H23N3O4. The van der Waals surface area contributed by atoms with Gasteiger partial charge in [-0.05, 0) is 30.5 Å². The summed E-state index contributed by atoms with van der Waals surface area (Å²) in [5.41, 5.74) is 1.54. The van der Waals surface area contributed by atoms with Crippen molar-refractivity contribution in [2.75, 3.05) is 26.8 Å². The molecule has 2 heterocycles. The molecule has 0 unspecified atom stereocenters. The number of amides is 1. The predicted molar refractivity (Wildman–Crippen MR) is 96.2 cm³/mol. The van der Waals surface area contributed by atoms with Gasteiger partial charge in [0.15, 0.2) is 0 Å². The molecule has 1 saturated heterocycles. The number of carbonyl (C=O) groups excluding carboxylic acids is 1. The Hall–Kier alpha value is -2.67. The summed E-state index contributed by atoms with van der Waals surface area (Å²) in [4.78, 5) is 32.4. The number of methoxy groups -OCH3 is 1. The van der Waals surface area contributed by atoms with Gasteiger partial charge in [-0.3, -0.25) is 9.59 Å². The van der Waals surface area contributed by atoms with Crippen LogP contribution in [-0.4, -0.2) is 53.7 Å². The number of benzene rings is 1. The number of aromatic amines is 1. The number of H-pyrrole nitrogens is 1. The zero-order valence-corrected chi connectivity index (χ0v) is 14.8. The lowest BCUT2D eigenvalue weighted by atomic mass is 10.1. The van der Waals surface area contributed by atoms with Gasteiger partial charge in [0, 0.05) is 24.8 Å². The van der Waals surface area contributed by atoms with Gasteiger partial charge < -0.3 is 19.4 Å². The number of carbonyl (C=O) groups is 1. The van der Waals surface area contributed by atoms with E-state index in [2.05, 4.69) is 9.97 Å². The Morgan fingerprint density at radius 1 is 1.38 bits per heavy atom. The maximum absolute atomic E-state index is 12.6. The molecule has 1 aromatic heterocycles. The minimum absolute atomic E-state index is 0.0374. The van der Waals surface area contributed by atoms with E-state index in [1.807, 2.05) is 29.2 Å². The van der Waals surface area contributed by atoms with E-state index in [0.717, 1.165) is 23.4 Å².